The summed E-state index contributed by atoms with van der Waals surface area (Å²) in [7, 11) is 2.75. The molecule has 4 N–H and O–H groups in total. The van der Waals surface area contributed by atoms with Crippen molar-refractivity contribution in [3.05, 3.63) is 31.8 Å². The first kappa shape index (κ1) is 24.3. The minimum Gasteiger partial charge on any atom is -0.480 e. The molecule has 36 heavy (non-hydrogen) atoms. The van der Waals surface area contributed by atoms with Crippen LogP contribution in [0.3, 0.4) is 0 Å². The van der Waals surface area contributed by atoms with Crippen LogP contribution in [0.2, 0.25) is 0 Å². The van der Waals surface area contributed by atoms with Crippen LogP contribution in [-0.4, -0.2) is 88.9 Å². The largest absolute Gasteiger partial charge is 0.480 e. The molecule has 0 aromatic carbocycles. The van der Waals surface area contributed by atoms with E-state index in [-0.39, 0.29) is 33.2 Å². The zero-order valence-electron chi connectivity index (χ0n) is 18.6. The van der Waals surface area contributed by atoms with Gasteiger partial charge in [-0.2, -0.15) is 4.98 Å². The molecule has 1 spiro atoms. The Morgan fingerprint density at radius 3 is 2.69 bits per heavy atom. The van der Waals surface area contributed by atoms with Gasteiger partial charge in [0.25, 0.3) is 5.91 Å². The number of amides is 2. The van der Waals surface area contributed by atoms with Crippen molar-refractivity contribution in [2.75, 3.05) is 24.3 Å². The fraction of sp³-hybridized carbons (Fsp3) is 0.444. The third-order valence-corrected chi connectivity index (χ3v) is 9.52. The number of oxime groups is 1. The lowest BCUT2D eigenvalue weighted by molar-refractivity contribution is -0.168. The third-order valence-electron chi connectivity index (χ3n) is 6.08. The van der Waals surface area contributed by atoms with Gasteiger partial charge in [0.1, 0.15) is 29.8 Å². The maximum Gasteiger partial charge on any atom is 0.339 e. The van der Waals surface area contributed by atoms with Crippen molar-refractivity contribution in [2.24, 2.45) is 12.2 Å². The number of nitrogens with zero attached hydrogens (tertiary/aromatic N) is 6. The number of hydrogen-bond acceptors (Lipinski definition) is 13. The van der Waals surface area contributed by atoms with Crippen molar-refractivity contribution in [2.45, 2.75) is 28.2 Å². The Kier molecular flexibility index (Phi) is 5.83. The van der Waals surface area contributed by atoms with E-state index in [0.717, 1.165) is 32.7 Å². The number of rotatable bonds is 5. The summed E-state index contributed by atoms with van der Waals surface area (Å²) in [5, 5.41) is 17.7. The predicted molar refractivity (Wildman–Crippen MR) is 129 cm³/mol. The Hall–Kier alpha value is -3.38. The van der Waals surface area contributed by atoms with E-state index >= 15 is 0 Å². The van der Waals surface area contributed by atoms with Crippen molar-refractivity contribution in [1.29, 1.82) is 0 Å². The fourth-order valence-electron chi connectivity index (χ4n) is 4.58. The third kappa shape index (κ3) is 3.42. The predicted octanol–water partition coefficient (Wildman–Crippen LogP) is -2.31. The average Bonchev–Trinajstić information content (AvgIpc) is 3.26. The molecule has 15 nitrogen and oxygen atoms in total. The van der Waals surface area contributed by atoms with Crippen LogP contribution in [0.25, 0.3) is 0 Å². The zero-order valence-corrected chi connectivity index (χ0v) is 21.1. The first-order chi connectivity index (χ1) is 17.1. The molecule has 2 aromatic heterocycles. The van der Waals surface area contributed by atoms with Crippen LogP contribution in [0, 0.1) is 0 Å². The van der Waals surface area contributed by atoms with E-state index in [4.69, 9.17) is 10.6 Å². The smallest absolute Gasteiger partial charge is 0.339 e. The quantitative estimate of drug-likeness (QED) is 0.154. The number of fused-ring (bicyclic) bond motifs is 4. The molecule has 0 unspecified atom stereocenters. The van der Waals surface area contributed by atoms with Gasteiger partial charge in [-0.1, -0.05) is 16.9 Å². The summed E-state index contributed by atoms with van der Waals surface area (Å²) in [5.41, 5.74) is 2.23. The number of β-lactam (4-membered cyclic amide) rings is 1. The number of nitrogen functional groups attached to an aromatic ring is 1. The molecular weight excluding hydrogens is 536 g/mol. The van der Waals surface area contributed by atoms with Gasteiger partial charge in [0.15, 0.2) is 22.0 Å². The summed E-state index contributed by atoms with van der Waals surface area (Å²) in [6.45, 7) is 0. The van der Waals surface area contributed by atoms with E-state index < -0.39 is 51.9 Å². The molecule has 2 amide bonds. The molecule has 18 heteroatoms. The number of aromatic nitrogens is 4. The first-order valence-corrected chi connectivity index (χ1v) is 13.2. The van der Waals surface area contributed by atoms with Crippen LogP contribution in [0.4, 0.5) is 5.13 Å². The molecular formula is C18H18N8O7S3. The highest BCUT2D eigenvalue weighted by atomic mass is 32.2. The number of thiazole rings is 1. The van der Waals surface area contributed by atoms with E-state index in [0.29, 0.717) is 0 Å². The highest BCUT2D eigenvalue weighted by molar-refractivity contribution is 8.00. The normalized spacial score (nSPS) is 26.8. The second kappa shape index (κ2) is 8.63. The number of anilines is 1. The molecule has 5 heterocycles. The first-order valence-electron chi connectivity index (χ1n) is 10.2. The summed E-state index contributed by atoms with van der Waals surface area (Å²) in [6.07, 6.45) is 0. The number of carbonyl (C=O) groups is 3. The van der Waals surface area contributed by atoms with Gasteiger partial charge in [0.05, 0.1) is 0 Å². The highest BCUT2D eigenvalue weighted by Crippen LogP contribution is 2.48. The molecule has 2 aromatic rings. The molecule has 0 radical (unpaired) electrons. The van der Waals surface area contributed by atoms with Crippen LogP contribution in [0.1, 0.15) is 5.69 Å². The van der Waals surface area contributed by atoms with E-state index in [9.17, 15) is 29.1 Å². The number of hydrogen-bond donors (Lipinski definition) is 3. The molecule has 5 rings (SSSR count). The second-order valence-electron chi connectivity index (χ2n) is 8.06. The lowest BCUT2D eigenvalue weighted by Gasteiger charge is -2.59. The molecule has 3 aliphatic rings. The summed E-state index contributed by atoms with van der Waals surface area (Å²) < 4.78 is 2.46. The summed E-state index contributed by atoms with van der Waals surface area (Å²) in [5.74, 6) is -2.53. The fourth-order valence-corrected chi connectivity index (χ4v) is 8.04. The van der Waals surface area contributed by atoms with Crippen molar-refractivity contribution in [3.8, 4) is 0 Å². The average molecular weight is 555 g/mol. The number of aliphatic carboxylic acids is 1. The second-order valence-corrected chi connectivity index (χ2v) is 11.0. The van der Waals surface area contributed by atoms with Crippen LogP contribution >= 0.6 is 34.9 Å². The number of carboxylic acids is 1. The van der Waals surface area contributed by atoms with Crippen LogP contribution in [-0.2, 0) is 31.8 Å². The molecule has 2 saturated heterocycles. The molecule has 2 bridgehead atoms. The van der Waals surface area contributed by atoms with Gasteiger partial charge in [0, 0.05) is 23.9 Å². The minimum atomic E-state index is -1.46. The van der Waals surface area contributed by atoms with Gasteiger partial charge < -0.3 is 25.9 Å². The topological polar surface area (TPSA) is 204 Å². The standard InChI is InChI=1S/C18H18N8O7S3/c1-24-17-22-11(28)13(30)26(24)18(5-36-17)4-35-14-8(12(29)25(14)9(18)15(31)32)21-10(27)7(23-33-2)6-3-34-16(19)20-6/h3,8-9,14H,4-5H2,1-2H3,(H2,19,20)(H,21,27)(H,31,32)/b23-7+/t8-,9-,14-,18+/m1/s1. The van der Waals surface area contributed by atoms with Gasteiger partial charge in [-0.05, 0) is 0 Å². The SMILES string of the molecule is CO/N=C(/C(=O)N[C@@H]1C(=O)N2[C@@H]1SC[C@]1(CSc3nc(=O)c(=O)n1n3C)[C@H]2C(=O)O)c1csc(N)n1. The van der Waals surface area contributed by atoms with Crippen LogP contribution in [0.15, 0.2) is 25.3 Å². The van der Waals surface area contributed by atoms with Gasteiger partial charge in [-0.15, -0.1) is 23.1 Å². The number of nitrogens with two attached hydrogens (primary N) is 1. The van der Waals surface area contributed by atoms with E-state index in [1.54, 1.807) is 0 Å². The molecule has 3 aliphatic heterocycles. The lowest BCUT2D eigenvalue weighted by atomic mass is 9.87. The van der Waals surface area contributed by atoms with E-state index in [2.05, 4.69) is 20.4 Å². The lowest BCUT2D eigenvalue weighted by Crippen LogP contribution is -2.81. The van der Waals surface area contributed by atoms with Crippen molar-refractivity contribution in [1.82, 2.24) is 29.5 Å². The molecule has 2 fully saturated rings. The molecule has 4 atom stereocenters. The number of carbonyl (C=O) groups excluding carboxylic acids is 2. The Morgan fingerprint density at radius 2 is 2.06 bits per heavy atom. The zero-order chi connectivity index (χ0) is 25.9. The summed E-state index contributed by atoms with van der Waals surface area (Å²) in [4.78, 5) is 77.2. The summed E-state index contributed by atoms with van der Waals surface area (Å²) >= 11 is 3.44. The molecule has 0 aliphatic carbocycles. The van der Waals surface area contributed by atoms with Gasteiger partial charge in [-0.3, -0.25) is 23.9 Å². The Bertz CT molecular complexity index is 1450. The van der Waals surface area contributed by atoms with Gasteiger partial charge in [-0.25, -0.2) is 14.5 Å². The number of carboxylic acid groups (broad SMARTS) is 1. The highest BCUT2D eigenvalue weighted by Gasteiger charge is 2.65. The number of thioether (sulfide) groups is 2. The van der Waals surface area contributed by atoms with Crippen molar-refractivity contribution < 1.29 is 24.3 Å². The molecule has 190 valence electrons. The summed E-state index contributed by atoms with van der Waals surface area (Å²) in [6, 6.07) is -2.51. The van der Waals surface area contributed by atoms with E-state index in [1.807, 2.05) is 0 Å². The number of nitrogens with one attached hydrogen (secondary N) is 1. The minimum absolute atomic E-state index is 0.0933. The monoisotopic (exact) mass is 554 g/mol. The van der Waals surface area contributed by atoms with Crippen molar-refractivity contribution in [3.63, 3.8) is 0 Å². The Labute approximate surface area is 213 Å². The van der Waals surface area contributed by atoms with Gasteiger partial charge in [0.2, 0.25) is 5.91 Å². The van der Waals surface area contributed by atoms with Gasteiger partial charge >= 0.3 is 17.1 Å². The molecule has 0 saturated carbocycles. The van der Waals surface area contributed by atoms with Crippen LogP contribution < -0.4 is 22.2 Å². The van der Waals surface area contributed by atoms with Crippen LogP contribution in [0.5, 0.6) is 0 Å². The Morgan fingerprint density at radius 1 is 1.31 bits per heavy atom. The Balaban J connectivity index is 1.46. The van der Waals surface area contributed by atoms with Crippen molar-refractivity contribution >= 4 is 63.5 Å². The van der Waals surface area contributed by atoms with E-state index in [1.165, 1.54) is 36.0 Å². The maximum atomic E-state index is 13.2. The maximum absolute atomic E-state index is 13.2.